The van der Waals surface area contributed by atoms with Crippen LogP contribution in [-0.4, -0.2) is 40.0 Å². The number of halogens is 4. The molecular formula is C26H22ClF3N6O4. The second kappa shape index (κ2) is 9.73. The summed E-state index contributed by atoms with van der Waals surface area (Å²) in [5.41, 5.74) is 6.85. The number of ether oxygens (including phenoxy) is 2. The Labute approximate surface area is 230 Å². The second-order valence-electron chi connectivity index (χ2n) is 9.72. The van der Waals surface area contributed by atoms with Crippen LogP contribution in [0.5, 0.6) is 11.5 Å². The van der Waals surface area contributed by atoms with Gasteiger partial charge in [-0.3, -0.25) is 9.59 Å². The predicted octanol–water partition coefficient (Wildman–Crippen LogP) is 3.97. The number of aromatic nitrogens is 2. The first-order chi connectivity index (χ1) is 19.0. The third-order valence-electron chi connectivity index (χ3n) is 7.01. The Kier molecular flexibility index (Phi) is 6.32. The summed E-state index contributed by atoms with van der Waals surface area (Å²) in [6, 6.07) is 8.49. The van der Waals surface area contributed by atoms with Crippen molar-refractivity contribution in [1.82, 2.24) is 14.9 Å². The van der Waals surface area contributed by atoms with Gasteiger partial charge in [0, 0.05) is 42.5 Å². The van der Waals surface area contributed by atoms with Crippen molar-refractivity contribution in [2.24, 2.45) is 5.92 Å². The summed E-state index contributed by atoms with van der Waals surface area (Å²) in [6.45, 7) is 0.632. The number of nitrogen functional groups attached to an aromatic ring is 1. The molecule has 6 rings (SSSR count). The van der Waals surface area contributed by atoms with Gasteiger partial charge in [-0.15, -0.1) is 0 Å². The number of carbonyl (C=O) groups is 2. The van der Waals surface area contributed by atoms with Gasteiger partial charge in [0.05, 0.1) is 30.3 Å². The van der Waals surface area contributed by atoms with E-state index in [-0.39, 0.29) is 62.2 Å². The van der Waals surface area contributed by atoms with Crippen LogP contribution in [0.2, 0.25) is 5.28 Å². The van der Waals surface area contributed by atoms with E-state index in [1.165, 1.54) is 6.07 Å². The number of rotatable bonds is 5. The molecule has 3 aromatic rings. The highest BCUT2D eigenvalue weighted by molar-refractivity contribution is 6.28. The first-order valence-corrected chi connectivity index (χ1v) is 12.7. The molecule has 1 aromatic heterocycles. The molecule has 1 saturated heterocycles. The summed E-state index contributed by atoms with van der Waals surface area (Å²) in [5, 5.41) is 2.95. The zero-order chi connectivity index (χ0) is 28.2. The van der Waals surface area contributed by atoms with Gasteiger partial charge in [0.2, 0.25) is 23.9 Å². The Morgan fingerprint density at radius 2 is 1.93 bits per heavy atom. The molecule has 40 heavy (non-hydrogen) atoms. The number of amides is 2. The predicted molar refractivity (Wildman–Crippen MR) is 138 cm³/mol. The van der Waals surface area contributed by atoms with Crippen molar-refractivity contribution in [2.45, 2.75) is 32.2 Å². The number of nitrogens with one attached hydrogen (secondary N) is 1. The van der Waals surface area contributed by atoms with E-state index >= 15 is 0 Å². The van der Waals surface area contributed by atoms with Gasteiger partial charge >= 0.3 is 6.18 Å². The highest BCUT2D eigenvalue weighted by Gasteiger charge is 2.40. The highest BCUT2D eigenvalue weighted by atomic mass is 35.5. The molecule has 2 aromatic carbocycles. The molecule has 10 nitrogen and oxygen atoms in total. The van der Waals surface area contributed by atoms with Crippen molar-refractivity contribution >= 4 is 40.6 Å². The van der Waals surface area contributed by atoms with Gasteiger partial charge in [-0.05, 0) is 47.5 Å². The third-order valence-corrected chi connectivity index (χ3v) is 7.18. The molecule has 1 atom stereocenters. The van der Waals surface area contributed by atoms with E-state index in [9.17, 15) is 22.8 Å². The number of hydrogen-bond acceptors (Lipinski definition) is 8. The van der Waals surface area contributed by atoms with Crippen molar-refractivity contribution < 1.29 is 32.2 Å². The summed E-state index contributed by atoms with van der Waals surface area (Å²) < 4.78 is 50.3. The van der Waals surface area contributed by atoms with Gasteiger partial charge in [-0.2, -0.15) is 13.2 Å². The molecule has 0 spiro atoms. The van der Waals surface area contributed by atoms with Gasteiger partial charge in [0.15, 0.2) is 11.5 Å². The number of benzene rings is 2. The minimum Gasteiger partial charge on any atom is -0.454 e. The van der Waals surface area contributed by atoms with Crippen molar-refractivity contribution in [1.29, 1.82) is 0 Å². The van der Waals surface area contributed by atoms with Crippen LogP contribution < -0.4 is 25.4 Å². The Morgan fingerprint density at radius 1 is 1.12 bits per heavy atom. The maximum atomic E-state index is 13.5. The van der Waals surface area contributed by atoms with Crippen LogP contribution in [0, 0.1) is 5.92 Å². The van der Waals surface area contributed by atoms with Crippen LogP contribution >= 0.6 is 11.6 Å². The molecule has 3 aliphatic rings. The van der Waals surface area contributed by atoms with E-state index in [2.05, 4.69) is 15.3 Å². The number of alkyl halides is 3. The smallest absolute Gasteiger partial charge is 0.416 e. The average Bonchev–Trinajstić information content (AvgIpc) is 3.63. The van der Waals surface area contributed by atoms with Crippen LogP contribution in [0.1, 0.15) is 28.8 Å². The minimum absolute atomic E-state index is 0.0104. The SMILES string of the molecule is Nc1cc(CNc2nc(Cl)nc3c2CN(C(=O)C2CC(=O)N(c4ccc5c(c4)OCO5)C2)C3)cc(C(F)(F)F)c1. The first-order valence-electron chi connectivity index (χ1n) is 12.3. The Bertz CT molecular complexity index is 1540. The molecule has 3 aliphatic heterocycles. The lowest BCUT2D eigenvalue weighted by molar-refractivity contribution is -0.137. The largest absolute Gasteiger partial charge is 0.454 e. The molecule has 208 valence electrons. The van der Waals surface area contributed by atoms with E-state index in [0.717, 1.165) is 12.1 Å². The third kappa shape index (κ3) is 4.92. The summed E-state index contributed by atoms with van der Waals surface area (Å²) >= 11 is 6.12. The molecular weight excluding hydrogens is 553 g/mol. The van der Waals surface area contributed by atoms with Crippen LogP contribution in [-0.2, 0) is 35.4 Å². The lowest BCUT2D eigenvalue weighted by atomic mass is 10.1. The molecule has 0 radical (unpaired) electrons. The zero-order valence-electron chi connectivity index (χ0n) is 20.8. The number of nitrogens with zero attached hydrogens (tertiary/aromatic N) is 4. The maximum absolute atomic E-state index is 13.5. The fraction of sp³-hybridized carbons (Fsp3) is 0.308. The fourth-order valence-electron chi connectivity index (χ4n) is 5.13. The van der Waals surface area contributed by atoms with Crippen LogP contribution in [0.15, 0.2) is 36.4 Å². The van der Waals surface area contributed by atoms with Gasteiger partial charge in [-0.25, -0.2) is 9.97 Å². The summed E-state index contributed by atoms with van der Waals surface area (Å²) in [4.78, 5) is 37.8. The Balaban J connectivity index is 1.15. The van der Waals surface area contributed by atoms with E-state index in [4.69, 9.17) is 26.8 Å². The van der Waals surface area contributed by atoms with E-state index in [1.54, 1.807) is 28.0 Å². The van der Waals surface area contributed by atoms with Crippen molar-refractivity contribution in [3.63, 3.8) is 0 Å². The summed E-state index contributed by atoms with van der Waals surface area (Å²) in [6.07, 6.45) is -4.49. The topological polar surface area (TPSA) is 123 Å². The molecule has 14 heteroatoms. The number of anilines is 3. The van der Waals surface area contributed by atoms with Crippen LogP contribution in [0.3, 0.4) is 0 Å². The lowest BCUT2D eigenvalue weighted by Crippen LogP contribution is -2.34. The fourth-order valence-corrected chi connectivity index (χ4v) is 5.32. The first kappa shape index (κ1) is 26.0. The molecule has 2 amide bonds. The number of nitrogens with two attached hydrogens (primary N) is 1. The molecule has 1 fully saturated rings. The zero-order valence-corrected chi connectivity index (χ0v) is 21.6. The Morgan fingerprint density at radius 3 is 2.73 bits per heavy atom. The summed E-state index contributed by atoms with van der Waals surface area (Å²) in [5.74, 6) is 0.477. The van der Waals surface area contributed by atoms with Gasteiger partial charge < -0.3 is 30.3 Å². The average molecular weight is 575 g/mol. The normalized spacial score (nSPS) is 17.9. The van der Waals surface area contributed by atoms with Gasteiger partial charge in [0.25, 0.3) is 0 Å². The van der Waals surface area contributed by atoms with Gasteiger partial charge in [-0.1, -0.05) is 0 Å². The van der Waals surface area contributed by atoms with Crippen molar-refractivity contribution in [3.05, 3.63) is 64.1 Å². The number of fused-ring (bicyclic) bond motifs is 2. The number of hydrogen-bond donors (Lipinski definition) is 2. The van der Waals surface area contributed by atoms with Crippen molar-refractivity contribution in [2.75, 3.05) is 29.3 Å². The molecule has 0 aliphatic carbocycles. The molecule has 0 saturated carbocycles. The van der Waals surface area contributed by atoms with E-state index in [1.807, 2.05) is 0 Å². The standard InChI is InChI=1S/C26H22ClF3N6O4/c27-25-33-19-11-35(10-18(19)23(34-25)32-8-13-3-15(26(28,29)30)6-16(31)4-13)24(38)14-5-22(37)36(9-14)17-1-2-20-21(7-17)40-12-39-20/h1-4,6-7,14H,5,8-12,31H2,(H,32,33,34). The minimum atomic E-state index is -4.54. The van der Waals surface area contributed by atoms with E-state index in [0.29, 0.717) is 39.8 Å². The van der Waals surface area contributed by atoms with E-state index < -0.39 is 17.7 Å². The maximum Gasteiger partial charge on any atom is 0.416 e. The monoisotopic (exact) mass is 574 g/mol. The second-order valence-corrected chi connectivity index (χ2v) is 10.1. The quantitative estimate of drug-likeness (QED) is 0.347. The highest BCUT2D eigenvalue weighted by Crippen LogP contribution is 2.38. The number of carbonyl (C=O) groups excluding carboxylic acids is 2. The molecule has 1 unspecified atom stereocenters. The van der Waals surface area contributed by atoms with Crippen molar-refractivity contribution in [3.8, 4) is 11.5 Å². The lowest BCUT2D eigenvalue weighted by Gasteiger charge is -2.20. The van der Waals surface area contributed by atoms with Crippen LogP contribution in [0.25, 0.3) is 0 Å². The molecule has 0 bridgehead atoms. The molecule has 4 heterocycles. The summed E-state index contributed by atoms with van der Waals surface area (Å²) in [7, 11) is 0. The Hall–Kier alpha value is -4.26. The molecule has 3 N–H and O–H groups in total. The van der Waals surface area contributed by atoms with Gasteiger partial charge in [0.1, 0.15) is 5.82 Å². The van der Waals surface area contributed by atoms with Crippen LogP contribution in [0.4, 0.5) is 30.4 Å².